The van der Waals surface area contributed by atoms with E-state index in [1.165, 1.54) is 7.05 Å². The number of hydrogen-bond acceptors (Lipinski definition) is 2. The molecule has 0 aliphatic rings. The van der Waals surface area contributed by atoms with Gasteiger partial charge in [0, 0.05) is 11.5 Å². The molecule has 0 aliphatic heterocycles. The quantitative estimate of drug-likeness (QED) is 0.577. The van der Waals surface area contributed by atoms with Gasteiger partial charge in [-0.2, -0.15) is 0 Å². The van der Waals surface area contributed by atoms with Gasteiger partial charge in [0.1, 0.15) is 0 Å². The zero-order valence-corrected chi connectivity index (χ0v) is 11.3. The number of benzene rings is 1. The third kappa shape index (κ3) is 2.76. The van der Waals surface area contributed by atoms with E-state index in [0.29, 0.717) is 5.69 Å². The molecule has 0 saturated heterocycles. The van der Waals surface area contributed by atoms with Gasteiger partial charge in [-0.15, -0.1) is 0 Å². The van der Waals surface area contributed by atoms with Crippen molar-refractivity contribution in [1.29, 1.82) is 5.41 Å². The molecule has 0 spiro atoms. The summed E-state index contributed by atoms with van der Waals surface area (Å²) >= 11 is 3.38. The minimum Gasteiger partial charge on any atom is -0.369 e. The van der Waals surface area contributed by atoms with E-state index in [-0.39, 0.29) is 5.96 Å². The molecule has 1 aromatic rings. The Hall–Kier alpha value is -1.56. The Morgan fingerprint density at radius 2 is 2.24 bits per heavy atom. The van der Waals surface area contributed by atoms with Gasteiger partial charge >= 0.3 is 6.03 Å². The summed E-state index contributed by atoms with van der Waals surface area (Å²) in [5, 5.41) is 9.98. The fourth-order valence-corrected chi connectivity index (χ4v) is 2.12. The lowest BCUT2D eigenvalue weighted by Gasteiger charge is -2.23. The number of aryl methyl sites for hydroxylation is 1. The molecule has 0 bridgehead atoms. The number of guanidine groups is 1. The summed E-state index contributed by atoms with van der Waals surface area (Å²) in [6, 6.07) is 5.17. The van der Waals surface area contributed by atoms with Crippen LogP contribution in [0.1, 0.15) is 12.5 Å². The number of nitrogens with zero attached hydrogens (tertiary/aromatic N) is 1. The molecule has 1 rings (SSSR count). The number of urea groups is 1. The Morgan fingerprint density at radius 1 is 1.59 bits per heavy atom. The molecule has 0 radical (unpaired) electrons. The maximum absolute atomic E-state index is 11.7. The van der Waals surface area contributed by atoms with Crippen LogP contribution < -0.4 is 16.0 Å². The molecule has 5 nitrogen and oxygen atoms in total. The van der Waals surface area contributed by atoms with Gasteiger partial charge in [0.25, 0.3) is 0 Å². The first kappa shape index (κ1) is 13.5. The highest BCUT2D eigenvalue weighted by Gasteiger charge is 2.22. The SMILES string of the molecule is CCc1cccc(Br)c1N(C(=N)N)C(=O)NC. The van der Waals surface area contributed by atoms with Gasteiger partial charge in [-0.25, -0.2) is 9.69 Å². The molecule has 0 aromatic heterocycles. The summed E-state index contributed by atoms with van der Waals surface area (Å²) in [7, 11) is 1.50. The minimum atomic E-state index is -0.431. The normalized spacial score (nSPS) is 9.82. The number of hydrogen-bond donors (Lipinski definition) is 3. The second-order valence-corrected chi connectivity index (χ2v) is 4.23. The van der Waals surface area contributed by atoms with Crippen molar-refractivity contribution in [2.24, 2.45) is 5.73 Å². The predicted octanol–water partition coefficient (Wildman–Crippen LogP) is 2.05. The number of rotatable bonds is 2. The van der Waals surface area contributed by atoms with Crippen molar-refractivity contribution in [1.82, 2.24) is 5.32 Å². The van der Waals surface area contributed by atoms with Crippen LogP contribution in [0.4, 0.5) is 10.5 Å². The van der Waals surface area contributed by atoms with Crippen LogP contribution in [-0.2, 0) is 6.42 Å². The molecule has 0 heterocycles. The van der Waals surface area contributed by atoms with Crippen molar-refractivity contribution >= 4 is 33.6 Å². The van der Waals surface area contributed by atoms with E-state index in [9.17, 15) is 4.79 Å². The van der Waals surface area contributed by atoms with Crippen molar-refractivity contribution in [2.75, 3.05) is 11.9 Å². The van der Waals surface area contributed by atoms with Crippen LogP contribution in [0.3, 0.4) is 0 Å². The first-order chi connectivity index (χ1) is 8.02. The fourth-order valence-electron chi connectivity index (χ4n) is 1.54. The monoisotopic (exact) mass is 298 g/mol. The third-order valence-corrected chi connectivity index (χ3v) is 2.97. The summed E-state index contributed by atoms with van der Waals surface area (Å²) in [6.45, 7) is 1.98. The number of anilines is 1. The summed E-state index contributed by atoms with van der Waals surface area (Å²) < 4.78 is 0.732. The fraction of sp³-hybridized carbons (Fsp3) is 0.273. The third-order valence-electron chi connectivity index (χ3n) is 2.33. The average Bonchev–Trinajstić information content (AvgIpc) is 2.30. The van der Waals surface area contributed by atoms with Crippen LogP contribution in [-0.4, -0.2) is 19.0 Å². The van der Waals surface area contributed by atoms with E-state index >= 15 is 0 Å². The number of carbonyl (C=O) groups is 1. The largest absolute Gasteiger partial charge is 0.369 e. The zero-order chi connectivity index (χ0) is 13.0. The van der Waals surface area contributed by atoms with E-state index < -0.39 is 6.03 Å². The van der Waals surface area contributed by atoms with Gasteiger partial charge in [0.05, 0.1) is 5.69 Å². The predicted molar refractivity (Wildman–Crippen MR) is 72.4 cm³/mol. The van der Waals surface area contributed by atoms with Gasteiger partial charge in [0.15, 0.2) is 0 Å². The Bertz CT molecular complexity index is 447. The molecule has 6 heteroatoms. The molecule has 0 unspecified atom stereocenters. The van der Waals surface area contributed by atoms with E-state index in [1.54, 1.807) is 0 Å². The number of carbonyl (C=O) groups excluding carboxylic acids is 1. The van der Waals surface area contributed by atoms with Crippen LogP contribution in [0.25, 0.3) is 0 Å². The van der Waals surface area contributed by atoms with Gasteiger partial charge in [0.2, 0.25) is 5.96 Å². The van der Waals surface area contributed by atoms with E-state index in [0.717, 1.165) is 21.4 Å². The molecule has 0 atom stereocenters. The van der Waals surface area contributed by atoms with Crippen molar-refractivity contribution in [3.63, 3.8) is 0 Å². The number of nitrogens with two attached hydrogens (primary N) is 1. The van der Waals surface area contributed by atoms with Crippen molar-refractivity contribution < 1.29 is 4.79 Å². The summed E-state index contributed by atoms with van der Waals surface area (Å²) in [5.41, 5.74) is 7.02. The standard InChI is InChI=1S/C11H15BrN4O/c1-3-7-5-4-6-8(12)9(7)16(10(13)14)11(17)15-2/h4-6H,3H2,1-2H3,(H3,13,14)(H,15,17). The zero-order valence-electron chi connectivity index (χ0n) is 9.75. The van der Waals surface area contributed by atoms with Crippen molar-refractivity contribution in [3.05, 3.63) is 28.2 Å². The molecule has 17 heavy (non-hydrogen) atoms. The highest BCUT2D eigenvalue weighted by atomic mass is 79.9. The van der Waals surface area contributed by atoms with E-state index in [1.807, 2.05) is 25.1 Å². The lowest BCUT2D eigenvalue weighted by Crippen LogP contribution is -2.46. The van der Waals surface area contributed by atoms with Gasteiger partial charge < -0.3 is 11.1 Å². The molecule has 2 amide bonds. The molecular weight excluding hydrogens is 284 g/mol. The Balaban J connectivity index is 3.37. The number of amides is 2. The molecule has 4 N–H and O–H groups in total. The molecule has 1 aromatic carbocycles. The Labute approximate surface area is 109 Å². The highest BCUT2D eigenvalue weighted by Crippen LogP contribution is 2.30. The second-order valence-electron chi connectivity index (χ2n) is 3.38. The lowest BCUT2D eigenvalue weighted by molar-refractivity contribution is 0.251. The van der Waals surface area contributed by atoms with E-state index in [2.05, 4.69) is 21.2 Å². The van der Waals surface area contributed by atoms with Crippen LogP contribution in [0.5, 0.6) is 0 Å². The van der Waals surface area contributed by atoms with Gasteiger partial charge in [-0.3, -0.25) is 5.41 Å². The summed E-state index contributed by atoms with van der Waals surface area (Å²) in [5.74, 6) is -0.314. The van der Waals surface area contributed by atoms with Crippen LogP contribution in [0.15, 0.2) is 22.7 Å². The lowest BCUT2D eigenvalue weighted by atomic mass is 10.1. The molecule has 0 saturated carbocycles. The van der Waals surface area contributed by atoms with Crippen LogP contribution >= 0.6 is 15.9 Å². The Kier molecular flexibility index (Phi) is 4.51. The first-order valence-electron chi connectivity index (χ1n) is 5.16. The maximum Gasteiger partial charge on any atom is 0.328 e. The topological polar surface area (TPSA) is 82.2 Å². The molecular formula is C11H15BrN4O. The Morgan fingerprint density at radius 3 is 2.71 bits per heavy atom. The first-order valence-corrected chi connectivity index (χ1v) is 5.95. The van der Waals surface area contributed by atoms with Gasteiger partial charge in [-0.1, -0.05) is 19.1 Å². The summed E-state index contributed by atoms with van der Waals surface area (Å²) in [6.07, 6.45) is 0.746. The van der Waals surface area contributed by atoms with Gasteiger partial charge in [-0.05, 0) is 34.0 Å². The molecule has 92 valence electrons. The molecule has 0 fully saturated rings. The molecule has 0 aliphatic carbocycles. The maximum atomic E-state index is 11.7. The second kappa shape index (κ2) is 5.67. The number of para-hydroxylation sites is 1. The van der Waals surface area contributed by atoms with Crippen molar-refractivity contribution in [3.8, 4) is 0 Å². The smallest absolute Gasteiger partial charge is 0.328 e. The van der Waals surface area contributed by atoms with E-state index in [4.69, 9.17) is 11.1 Å². The summed E-state index contributed by atoms with van der Waals surface area (Å²) in [4.78, 5) is 12.9. The van der Waals surface area contributed by atoms with Crippen molar-refractivity contribution in [2.45, 2.75) is 13.3 Å². The highest BCUT2D eigenvalue weighted by molar-refractivity contribution is 9.10. The number of halogens is 1. The number of nitrogens with one attached hydrogen (secondary N) is 2. The van der Waals surface area contributed by atoms with Crippen LogP contribution in [0.2, 0.25) is 0 Å². The minimum absolute atomic E-state index is 0.314. The average molecular weight is 299 g/mol. The van der Waals surface area contributed by atoms with Crippen LogP contribution in [0, 0.1) is 5.41 Å².